The molecule has 136 valence electrons. The fourth-order valence-corrected chi connectivity index (χ4v) is 4.68. The van der Waals surface area contributed by atoms with Crippen LogP contribution in [0.4, 0.5) is 0 Å². The maximum atomic E-state index is 13.0. The highest BCUT2D eigenvalue weighted by Gasteiger charge is 2.24. The number of rotatable bonds is 2. The number of hydrogen-bond acceptors (Lipinski definition) is 3. The van der Waals surface area contributed by atoms with Crippen molar-refractivity contribution in [3.05, 3.63) is 45.9 Å². The summed E-state index contributed by atoms with van der Waals surface area (Å²) in [5.41, 5.74) is 1.89. The van der Waals surface area contributed by atoms with Gasteiger partial charge in [0, 0.05) is 23.4 Å². The average molecular weight is 390 g/mol. The van der Waals surface area contributed by atoms with Gasteiger partial charge in [0.25, 0.3) is 5.91 Å². The van der Waals surface area contributed by atoms with E-state index in [1.807, 2.05) is 46.8 Å². The van der Waals surface area contributed by atoms with E-state index in [4.69, 9.17) is 11.6 Å². The minimum Gasteiger partial charge on any atom is -0.336 e. The Morgan fingerprint density at radius 1 is 1.23 bits per heavy atom. The van der Waals surface area contributed by atoms with Crippen LogP contribution < -0.4 is 4.90 Å². The third-order valence-corrected chi connectivity index (χ3v) is 6.30. The molecule has 1 fully saturated rings. The van der Waals surface area contributed by atoms with Crippen molar-refractivity contribution in [2.45, 2.75) is 13.3 Å². The minimum absolute atomic E-state index is 0.142. The van der Waals surface area contributed by atoms with Crippen LogP contribution in [0.15, 0.2) is 30.3 Å². The summed E-state index contributed by atoms with van der Waals surface area (Å²) in [4.78, 5) is 18.3. The largest absolute Gasteiger partial charge is 0.336 e. The topological polar surface area (TPSA) is 42.6 Å². The zero-order chi connectivity index (χ0) is 18.3. The molecular weight excluding hydrogens is 368 g/mol. The van der Waals surface area contributed by atoms with E-state index in [2.05, 4.69) is 12.1 Å². The number of benzene rings is 1. The van der Waals surface area contributed by atoms with Gasteiger partial charge in [-0.1, -0.05) is 11.6 Å². The van der Waals surface area contributed by atoms with Crippen LogP contribution in [0.25, 0.3) is 15.9 Å². The zero-order valence-corrected chi connectivity index (χ0v) is 16.5. The average Bonchev–Trinajstić information content (AvgIpc) is 3.11. The predicted molar refractivity (Wildman–Crippen MR) is 106 cm³/mol. The first-order valence-corrected chi connectivity index (χ1v) is 10.1. The summed E-state index contributed by atoms with van der Waals surface area (Å²) in [5.74, 6) is 0.142. The molecule has 3 aromatic rings. The minimum atomic E-state index is 0.142. The molecule has 1 saturated heterocycles. The summed E-state index contributed by atoms with van der Waals surface area (Å²) in [5, 5.41) is 6.39. The van der Waals surface area contributed by atoms with Crippen LogP contribution in [-0.4, -0.2) is 53.8 Å². The van der Waals surface area contributed by atoms with Crippen molar-refractivity contribution in [1.29, 1.82) is 0 Å². The van der Waals surface area contributed by atoms with E-state index in [0.717, 1.165) is 59.1 Å². The van der Waals surface area contributed by atoms with Gasteiger partial charge in [-0.05, 0) is 37.3 Å². The Hall–Kier alpha value is -1.89. The lowest BCUT2D eigenvalue weighted by molar-refractivity contribution is -0.877. The highest BCUT2D eigenvalue weighted by Crippen LogP contribution is 2.31. The summed E-state index contributed by atoms with van der Waals surface area (Å²) < 4.78 is 1.91. The Kier molecular flexibility index (Phi) is 4.73. The number of nitrogens with one attached hydrogen (secondary N) is 1. The molecule has 1 unspecified atom stereocenters. The molecule has 1 aliphatic heterocycles. The van der Waals surface area contributed by atoms with E-state index in [1.165, 1.54) is 16.2 Å². The SMILES string of the molecule is Cc1nn(-c2ccc(Cl)cc2)c2sc(C(=O)N3CCC[NH+](C)CC3)cc12. The van der Waals surface area contributed by atoms with Crippen molar-refractivity contribution >= 4 is 39.1 Å². The van der Waals surface area contributed by atoms with E-state index < -0.39 is 0 Å². The highest BCUT2D eigenvalue weighted by molar-refractivity contribution is 7.20. The number of thiophene rings is 1. The number of halogens is 1. The molecule has 4 rings (SSSR count). The number of aromatic nitrogens is 2. The van der Waals surface area contributed by atoms with Gasteiger partial charge in [-0.15, -0.1) is 11.3 Å². The maximum absolute atomic E-state index is 13.0. The van der Waals surface area contributed by atoms with Gasteiger partial charge < -0.3 is 9.80 Å². The van der Waals surface area contributed by atoms with Crippen LogP contribution in [0, 0.1) is 6.92 Å². The number of likely N-dealkylation sites (N-methyl/N-ethyl adjacent to an activating group) is 1. The Labute approximate surface area is 161 Å². The second-order valence-electron chi connectivity index (χ2n) is 6.91. The van der Waals surface area contributed by atoms with E-state index >= 15 is 0 Å². The summed E-state index contributed by atoms with van der Waals surface area (Å²) in [6.07, 6.45) is 1.06. The first-order valence-electron chi connectivity index (χ1n) is 8.88. The van der Waals surface area contributed by atoms with Crippen LogP contribution >= 0.6 is 22.9 Å². The van der Waals surface area contributed by atoms with Gasteiger partial charge in [-0.2, -0.15) is 5.10 Å². The molecule has 5 nitrogen and oxygen atoms in total. The molecule has 1 atom stereocenters. The fourth-order valence-electron chi connectivity index (χ4n) is 3.40. The number of hydrogen-bond donors (Lipinski definition) is 1. The van der Waals surface area contributed by atoms with Crippen molar-refractivity contribution < 1.29 is 9.69 Å². The van der Waals surface area contributed by atoms with Crippen LogP contribution in [0.5, 0.6) is 0 Å². The van der Waals surface area contributed by atoms with E-state index in [9.17, 15) is 4.79 Å². The Balaban J connectivity index is 1.68. The number of aryl methyl sites for hydroxylation is 1. The summed E-state index contributed by atoms with van der Waals surface area (Å²) in [6, 6.07) is 9.61. The van der Waals surface area contributed by atoms with E-state index in [0.29, 0.717) is 5.02 Å². The molecule has 0 bridgehead atoms. The van der Waals surface area contributed by atoms with Gasteiger partial charge in [0.05, 0.1) is 42.9 Å². The van der Waals surface area contributed by atoms with Crippen molar-refractivity contribution in [2.24, 2.45) is 0 Å². The quantitative estimate of drug-likeness (QED) is 0.731. The lowest BCUT2D eigenvalue weighted by atomic mass is 10.3. The molecule has 0 aliphatic carbocycles. The molecule has 0 spiro atoms. The molecule has 2 aromatic heterocycles. The molecule has 1 aliphatic rings. The number of fused-ring (bicyclic) bond motifs is 1. The first-order chi connectivity index (χ1) is 12.5. The predicted octanol–water partition coefficient (Wildman–Crippen LogP) is 2.41. The smallest absolute Gasteiger partial charge is 0.264 e. The first kappa shape index (κ1) is 17.5. The van der Waals surface area contributed by atoms with Crippen LogP contribution in [0.1, 0.15) is 21.8 Å². The Morgan fingerprint density at radius 2 is 2.00 bits per heavy atom. The molecule has 1 aromatic carbocycles. The number of carbonyl (C=O) groups is 1. The second kappa shape index (κ2) is 7.02. The fraction of sp³-hybridized carbons (Fsp3) is 0.368. The zero-order valence-electron chi connectivity index (χ0n) is 15.0. The summed E-state index contributed by atoms with van der Waals surface area (Å²) in [7, 11) is 2.19. The number of amides is 1. The van der Waals surface area contributed by atoms with Crippen molar-refractivity contribution in [1.82, 2.24) is 14.7 Å². The Bertz CT molecular complexity index is 947. The van der Waals surface area contributed by atoms with E-state index in [-0.39, 0.29) is 5.91 Å². The molecule has 1 N–H and O–H groups in total. The summed E-state index contributed by atoms with van der Waals surface area (Å²) >= 11 is 7.52. The standard InChI is InChI=1S/C19H21ClN4OS/c1-13-16-12-17(18(25)23-9-3-8-22(2)10-11-23)26-19(16)24(21-13)15-6-4-14(20)5-7-15/h4-7,12H,3,8-11H2,1-2H3/p+1. The van der Waals surface area contributed by atoms with Gasteiger partial charge >= 0.3 is 0 Å². The third kappa shape index (κ3) is 3.24. The van der Waals surface area contributed by atoms with Gasteiger partial charge in [0.2, 0.25) is 0 Å². The normalized spacial score (nSPS) is 18.3. The van der Waals surface area contributed by atoms with E-state index in [1.54, 1.807) is 0 Å². The van der Waals surface area contributed by atoms with Crippen LogP contribution in [-0.2, 0) is 0 Å². The van der Waals surface area contributed by atoms with Crippen molar-refractivity contribution in [3.63, 3.8) is 0 Å². The lowest BCUT2D eigenvalue weighted by Crippen LogP contribution is -3.09. The molecule has 26 heavy (non-hydrogen) atoms. The monoisotopic (exact) mass is 389 g/mol. The number of carbonyl (C=O) groups excluding carboxylic acids is 1. The summed E-state index contributed by atoms with van der Waals surface area (Å²) in [6.45, 7) is 5.78. The van der Waals surface area contributed by atoms with Crippen molar-refractivity contribution in [3.8, 4) is 5.69 Å². The number of nitrogens with zero attached hydrogens (tertiary/aromatic N) is 3. The van der Waals surface area contributed by atoms with Crippen LogP contribution in [0.2, 0.25) is 5.02 Å². The maximum Gasteiger partial charge on any atom is 0.264 e. The Morgan fingerprint density at radius 3 is 2.77 bits per heavy atom. The molecule has 0 radical (unpaired) electrons. The molecule has 7 heteroatoms. The van der Waals surface area contributed by atoms with Crippen molar-refractivity contribution in [2.75, 3.05) is 33.2 Å². The van der Waals surface area contributed by atoms with Crippen LogP contribution in [0.3, 0.4) is 0 Å². The second-order valence-corrected chi connectivity index (χ2v) is 8.37. The van der Waals surface area contributed by atoms with Gasteiger partial charge in [-0.25, -0.2) is 4.68 Å². The molecular formula is C19H22ClN4OS+. The lowest BCUT2D eigenvalue weighted by Gasteiger charge is -2.18. The molecule has 3 heterocycles. The number of quaternary nitrogens is 1. The highest BCUT2D eigenvalue weighted by atomic mass is 35.5. The molecule has 0 saturated carbocycles. The molecule has 1 amide bonds. The third-order valence-electron chi connectivity index (χ3n) is 4.95. The van der Waals surface area contributed by atoms with Gasteiger partial charge in [0.1, 0.15) is 4.83 Å². The van der Waals surface area contributed by atoms with Gasteiger partial charge in [-0.3, -0.25) is 4.79 Å². The van der Waals surface area contributed by atoms with Gasteiger partial charge in [0.15, 0.2) is 0 Å².